The van der Waals surface area contributed by atoms with E-state index in [0.717, 1.165) is 22.3 Å². The predicted molar refractivity (Wildman–Crippen MR) is 123 cm³/mol. The first kappa shape index (κ1) is 22.5. The minimum atomic E-state index is -2.42. The number of halogens is 2. The summed E-state index contributed by atoms with van der Waals surface area (Å²) in [7, 11) is 1.66. The average Bonchev–Trinajstić information content (AvgIpc) is 2.84. The third-order valence-electron chi connectivity index (χ3n) is 5.50. The zero-order chi connectivity index (χ0) is 23.0. The van der Waals surface area contributed by atoms with Gasteiger partial charge in [0, 0.05) is 58.8 Å². The Morgan fingerprint density at radius 2 is 1.91 bits per heavy atom. The molecular formula is C23H20ClFN3O3S-. The van der Waals surface area contributed by atoms with Crippen molar-refractivity contribution in [2.45, 2.75) is 19.4 Å². The Balaban J connectivity index is 1.95. The van der Waals surface area contributed by atoms with Crippen LogP contribution < -0.4 is 10.3 Å². The smallest absolute Gasteiger partial charge is 0.250 e. The molecule has 0 radical (unpaired) electrons. The number of fused-ring (bicyclic) bond motifs is 3. The van der Waals surface area contributed by atoms with E-state index in [1.165, 1.54) is 10.6 Å². The van der Waals surface area contributed by atoms with Crippen molar-refractivity contribution in [3.8, 4) is 11.1 Å². The highest BCUT2D eigenvalue weighted by Crippen LogP contribution is 2.38. The second-order valence-electron chi connectivity index (χ2n) is 7.62. The number of pyridine rings is 1. The summed E-state index contributed by atoms with van der Waals surface area (Å²) < 4.78 is 40.4. The van der Waals surface area contributed by atoms with Crippen LogP contribution >= 0.6 is 11.6 Å². The fraction of sp³-hybridized carbons (Fsp3) is 0.217. The molecule has 2 heterocycles. The third-order valence-corrected chi connectivity index (χ3v) is 6.19. The first-order valence-corrected chi connectivity index (χ1v) is 11.4. The molecule has 2 aromatic carbocycles. The van der Waals surface area contributed by atoms with Crippen molar-refractivity contribution in [2.24, 2.45) is 12.0 Å². The van der Waals surface area contributed by atoms with E-state index >= 15 is 4.39 Å². The van der Waals surface area contributed by atoms with Gasteiger partial charge in [-0.3, -0.25) is 14.0 Å². The first-order valence-electron chi connectivity index (χ1n) is 9.95. The largest absolute Gasteiger partial charge is 0.760 e. The molecule has 1 aromatic heterocycles. The molecule has 0 spiro atoms. The van der Waals surface area contributed by atoms with Crippen LogP contribution in [0.2, 0.25) is 5.02 Å². The van der Waals surface area contributed by atoms with Gasteiger partial charge in [0.2, 0.25) is 0 Å². The van der Waals surface area contributed by atoms with E-state index in [-0.39, 0.29) is 24.6 Å². The molecule has 32 heavy (non-hydrogen) atoms. The zero-order valence-electron chi connectivity index (χ0n) is 17.4. The quantitative estimate of drug-likeness (QED) is 0.574. The Bertz CT molecular complexity index is 1310. The van der Waals surface area contributed by atoms with E-state index in [1.54, 1.807) is 37.5 Å². The van der Waals surface area contributed by atoms with Crippen LogP contribution in [0, 0.1) is 5.82 Å². The molecule has 0 aliphatic carbocycles. The van der Waals surface area contributed by atoms with E-state index in [4.69, 9.17) is 16.6 Å². The summed E-state index contributed by atoms with van der Waals surface area (Å²) in [6, 6.07) is 11.5. The number of aryl methyl sites for hydroxylation is 1. The second-order valence-corrected chi connectivity index (χ2v) is 8.81. The van der Waals surface area contributed by atoms with Crippen LogP contribution in [0.5, 0.6) is 0 Å². The van der Waals surface area contributed by atoms with E-state index < -0.39 is 17.1 Å². The fourth-order valence-corrected chi connectivity index (χ4v) is 4.28. The number of aromatic nitrogens is 1. The highest BCUT2D eigenvalue weighted by atomic mass is 35.5. The molecule has 2 unspecified atom stereocenters. The van der Waals surface area contributed by atoms with Crippen LogP contribution in [0.25, 0.3) is 11.1 Å². The van der Waals surface area contributed by atoms with Crippen LogP contribution in [0.3, 0.4) is 0 Å². The van der Waals surface area contributed by atoms with Crippen molar-refractivity contribution >= 4 is 28.6 Å². The van der Waals surface area contributed by atoms with Crippen LogP contribution in [0.1, 0.15) is 35.2 Å². The van der Waals surface area contributed by atoms with E-state index in [0.29, 0.717) is 21.9 Å². The monoisotopic (exact) mass is 472 g/mol. The van der Waals surface area contributed by atoms with Gasteiger partial charge in [0.1, 0.15) is 5.82 Å². The van der Waals surface area contributed by atoms with Gasteiger partial charge in [0.05, 0.1) is 11.8 Å². The fourth-order valence-electron chi connectivity index (χ4n) is 3.88. The normalized spacial score (nSPS) is 16.0. The van der Waals surface area contributed by atoms with Crippen molar-refractivity contribution in [3.63, 3.8) is 0 Å². The molecule has 2 atom stereocenters. The van der Waals surface area contributed by atoms with Crippen LogP contribution in [0.4, 0.5) is 4.39 Å². The van der Waals surface area contributed by atoms with E-state index in [1.807, 2.05) is 19.1 Å². The number of hydrogen-bond donors (Lipinski definition) is 1. The molecule has 9 heteroatoms. The van der Waals surface area contributed by atoms with Gasteiger partial charge in [-0.05, 0) is 54.3 Å². The van der Waals surface area contributed by atoms with Crippen LogP contribution in [-0.4, -0.2) is 25.6 Å². The van der Waals surface area contributed by atoms with E-state index in [2.05, 4.69) is 4.72 Å². The lowest BCUT2D eigenvalue weighted by Crippen LogP contribution is -2.20. The predicted octanol–water partition coefficient (Wildman–Crippen LogP) is 3.68. The molecule has 0 bridgehead atoms. The molecule has 0 amide bonds. The molecule has 0 saturated carbocycles. The zero-order valence-corrected chi connectivity index (χ0v) is 19.0. The summed E-state index contributed by atoms with van der Waals surface area (Å²) in [4.78, 5) is 17.2. The maximum absolute atomic E-state index is 15.1. The van der Waals surface area contributed by atoms with Crippen LogP contribution in [-0.2, 0) is 24.7 Å². The molecule has 1 N–H and O–H groups in total. The standard InChI is InChI=1S/C23H21ClFN3O3S/c1-13-17-11-22(29)28(2)12-20(17)18-9-15(7-8-26-32(30)31)21(25)10-19(18)23(27-13)14-3-5-16(24)6-4-14/h3-6,9-13,26H,7-8H2,1-2H3,(H,30,31)/p-1. The van der Waals surface area contributed by atoms with Gasteiger partial charge in [-0.1, -0.05) is 23.7 Å². The Morgan fingerprint density at radius 3 is 2.59 bits per heavy atom. The SMILES string of the molecule is CC1N=C(c2ccc(Cl)cc2)c2cc(F)c(CCNS(=O)[O-])cc2-c2cn(C)c(=O)cc21. The number of nitrogens with one attached hydrogen (secondary N) is 1. The summed E-state index contributed by atoms with van der Waals surface area (Å²) in [5.41, 5.74) is 4.43. The molecule has 6 nitrogen and oxygen atoms in total. The van der Waals surface area contributed by atoms with Gasteiger partial charge in [-0.15, -0.1) is 0 Å². The first-order chi connectivity index (χ1) is 15.2. The number of benzene rings is 2. The average molecular weight is 473 g/mol. The topological polar surface area (TPSA) is 86.5 Å². The molecular weight excluding hydrogens is 453 g/mol. The van der Waals surface area contributed by atoms with Crippen LogP contribution in [0.15, 0.2) is 58.4 Å². The summed E-state index contributed by atoms with van der Waals surface area (Å²) in [6.07, 6.45) is 1.91. The summed E-state index contributed by atoms with van der Waals surface area (Å²) in [5.74, 6) is -0.454. The molecule has 1 aliphatic heterocycles. The summed E-state index contributed by atoms with van der Waals surface area (Å²) in [6.45, 7) is 1.96. The molecule has 166 valence electrons. The molecule has 4 rings (SSSR count). The lowest BCUT2D eigenvalue weighted by atomic mass is 9.90. The summed E-state index contributed by atoms with van der Waals surface area (Å²) in [5, 5.41) is 0.576. The highest BCUT2D eigenvalue weighted by molar-refractivity contribution is 7.77. The van der Waals surface area contributed by atoms with Gasteiger partial charge in [0.15, 0.2) is 0 Å². The van der Waals surface area contributed by atoms with Crippen molar-refractivity contribution in [1.29, 1.82) is 0 Å². The maximum atomic E-state index is 15.1. The Hall–Kier alpha value is -2.65. The third kappa shape index (κ3) is 4.45. The van der Waals surface area contributed by atoms with Gasteiger partial charge >= 0.3 is 0 Å². The lowest BCUT2D eigenvalue weighted by molar-refractivity contribution is 0.522. The van der Waals surface area contributed by atoms with Gasteiger partial charge in [-0.2, -0.15) is 0 Å². The molecule has 1 aliphatic rings. The van der Waals surface area contributed by atoms with E-state index in [9.17, 15) is 13.6 Å². The maximum Gasteiger partial charge on any atom is 0.250 e. The highest BCUT2D eigenvalue weighted by Gasteiger charge is 2.25. The number of nitrogens with zero attached hydrogens (tertiary/aromatic N) is 2. The Morgan fingerprint density at radius 1 is 1.19 bits per heavy atom. The van der Waals surface area contributed by atoms with Gasteiger partial charge < -0.3 is 9.12 Å². The second kappa shape index (κ2) is 9.07. The summed E-state index contributed by atoms with van der Waals surface area (Å²) >= 11 is 3.63. The van der Waals surface area contributed by atoms with Crippen molar-refractivity contribution in [3.05, 3.63) is 92.1 Å². The minimum Gasteiger partial charge on any atom is -0.760 e. The number of rotatable bonds is 5. The van der Waals surface area contributed by atoms with Gasteiger partial charge in [-0.25, -0.2) is 9.11 Å². The molecule has 0 saturated heterocycles. The number of hydrogen-bond acceptors (Lipinski definition) is 4. The minimum absolute atomic E-state index is 0.0699. The van der Waals surface area contributed by atoms with Crippen molar-refractivity contribution in [1.82, 2.24) is 9.29 Å². The van der Waals surface area contributed by atoms with Gasteiger partial charge in [0.25, 0.3) is 5.56 Å². The molecule has 0 fully saturated rings. The number of aliphatic imine (C=N–C) groups is 1. The Labute approximate surface area is 192 Å². The molecule has 3 aromatic rings. The van der Waals surface area contributed by atoms with Crippen molar-refractivity contribution < 1.29 is 13.2 Å². The lowest BCUT2D eigenvalue weighted by Gasteiger charge is -2.16. The van der Waals surface area contributed by atoms with Crippen molar-refractivity contribution in [2.75, 3.05) is 6.54 Å². The Kier molecular flexibility index (Phi) is 6.39.